The maximum absolute atomic E-state index is 11.0. The second kappa shape index (κ2) is 7.99. The summed E-state index contributed by atoms with van der Waals surface area (Å²) in [6.07, 6.45) is 0. The van der Waals surface area contributed by atoms with Gasteiger partial charge in [0.15, 0.2) is 0 Å². The van der Waals surface area contributed by atoms with E-state index in [0.717, 1.165) is 11.8 Å². The van der Waals surface area contributed by atoms with Crippen molar-refractivity contribution in [1.82, 2.24) is 5.32 Å². The molecule has 1 atom stereocenters. The summed E-state index contributed by atoms with van der Waals surface area (Å²) in [5.41, 5.74) is 0.515. The minimum absolute atomic E-state index is 0.0733. The number of amides is 1. The predicted octanol–water partition coefficient (Wildman–Crippen LogP) is 1.14. The fourth-order valence-electron chi connectivity index (χ4n) is 1.51. The zero-order valence-corrected chi connectivity index (χ0v) is 13.8. The van der Waals surface area contributed by atoms with Crippen molar-refractivity contribution in [3.8, 4) is 0 Å². The predicted molar refractivity (Wildman–Crippen MR) is 86.7 cm³/mol. The van der Waals surface area contributed by atoms with Gasteiger partial charge >= 0.3 is 5.97 Å². The summed E-state index contributed by atoms with van der Waals surface area (Å²) in [6, 6.07) is 4.24. The van der Waals surface area contributed by atoms with E-state index in [-0.39, 0.29) is 10.6 Å². The fourth-order valence-corrected chi connectivity index (χ4v) is 2.78. The highest BCUT2D eigenvalue weighted by Gasteiger charge is 2.18. The Bertz CT molecular complexity index is 700. The molecular formula is C13H16N2O6S2. The third kappa shape index (κ3) is 6.72. The summed E-state index contributed by atoms with van der Waals surface area (Å²) in [7, 11) is -4.25. The third-order valence-corrected chi connectivity index (χ3v) is 4.35. The summed E-state index contributed by atoms with van der Waals surface area (Å²) < 4.78 is 30.7. The summed E-state index contributed by atoms with van der Waals surface area (Å²) in [4.78, 5) is 21.7. The molecule has 126 valence electrons. The molecule has 0 fully saturated rings. The number of thioether (sulfide) groups is 1. The maximum atomic E-state index is 11.0. The molecule has 1 amide bonds. The number of nitrogens with one attached hydrogen (secondary N) is 2. The Hall–Kier alpha value is -2.04. The molecular weight excluding hydrogens is 344 g/mol. The van der Waals surface area contributed by atoms with E-state index in [2.05, 4.69) is 17.2 Å². The second-order valence-electron chi connectivity index (χ2n) is 4.45. The molecule has 8 nitrogen and oxygen atoms in total. The van der Waals surface area contributed by atoms with Crippen LogP contribution in [0.1, 0.15) is 6.92 Å². The van der Waals surface area contributed by atoms with Gasteiger partial charge in [0.2, 0.25) is 5.91 Å². The standard InChI is InChI=1S/C13H16N2O6S2/c1-8(16)14-12(13(17)18)7-22-9(2)15-10-3-5-11(6-4-10)23(19,20)21/h3-6,12,15H,2,7H2,1H3,(H,14,16)(H,17,18)(H,19,20,21). The van der Waals surface area contributed by atoms with Gasteiger partial charge in [0.25, 0.3) is 10.1 Å². The third-order valence-electron chi connectivity index (χ3n) is 2.54. The number of carboxylic acids is 1. The number of anilines is 1. The van der Waals surface area contributed by atoms with Crippen LogP contribution >= 0.6 is 11.8 Å². The zero-order chi connectivity index (χ0) is 17.6. The van der Waals surface area contributed by atoms with Crippen LogP contribution in [-0.2, 0) is 19.7 Å². The number of carbonyl (C=O) groups excluding carboxylic acids is 1. The first-order chi connectivity index (χ1) is 10.6. The lowest BCUT2D eigenvalue weighted by Gasteiger charge is -2.14. The van der Waals surface area contributed by atoms with Crippen LogP contribution in [0.2, 0.25) is 0 Å². The molecule has 1 rings (SSSR count). The smallest absolute Gasteiger partial charge is 0.327 e. The molecule has 0 heterocycles. The van der Waals surface area contributed by atoms with E-state index in [4.69, 9.17) is 9.66 Å². The number of benzene rings is 1. The van der Waals surface area contributed by atoms with Crippen molar-refractivity contribution >= 4 is 39.4 Å². The lowest BCUT2D eigenvalue weighted by Crippen LogP contribution is -2.41. The lowest BCUT2D eigenvalue weighted by atomic mass is 10.3. The molecule has 1 unspecified atom stereocenters. The molecule has 0 saturated heterocycles. The van der Waals surface area contributed by atoms with E-state index in [1.54, 1.807) is 0 Å². The molecule has 0 radical (unpaired) electrons. The molecule has 0 bridgehead atoms. The molecule has 23 heavy (non-hydrogen) atoms. The first kappa shape index (κ1) is 19.0. The van der Waals surface area contributed by atoms with Gasteiger partial charge in [-0.25, -0.2) is 4.79 Å². The number of carboxylic acid groups (broad SMARTS) is 1. The van der Waals surface area contributed by atoms with Crippen LogP contribution in [0, 0.1) is 0 Å². The van der Waals surface area contributed by atoms with Gasteiger partial charge in [0.05, 0.1) is 9.92 Å². The van der Waals surface area contributed by atoms with Crippen LogP contribution in [0.3, 0.4) is 0 Å². The second-order valence-corrected chi connectivity index (χ2v) is 6.99. The number of carbonyl (C=O) groups is 2. The molecule has 4 N–H and O–H groups in total. The van der Waals surface area contributed by atoms with Gasteiger partial charge in [-0.1, -0.05) is 6.58 Å². The zero-order valence-electron chi connectivity index (χ0n) is 12.1. The molecule has 0 aliphatic carbocycles. The monoisotopic (exact) mass is 360 g/mol. The summed E-state index contributed by atoms with van der Waals surface area (Å²) in [5.74, 6) is -1.53. The average Bonchev–Trinajstić information content (AvgIpc) is 2.42. The van der Waals surface area contributed by atoms with Crippen molar-refractivity contribution in [2.45, 2.75) is 17.9 Å². The summed E-state index contributed by atoms with van der Waals surface area (Å²) in [5, 5.41) is 14.5. The molecule has 1 aromatic rings. The highest BCUT2D eigenvalue weighted by molar-refractivity contribution is 8.03. The largest absolute Gasteiger partial charge is 0.480 e. The van der Waals surface area contributed by atoms with Crippen molar-refractivity contribution in [2.75, 3.05) is 11.1 Å². The van der Waals surface area contributed by atoms with Crippen molar-refractivity contribution in [1.29, 1.82) is 0 Å². The molecule has 0 saturated carbocycles. The normalized spacial score (nSPS) is 12.3. The van der Waals surface area contributed by atoms with Gasteiger partial charge in [-0.05, 0) is 24.3 Å². The summed E-state index contributed by atoms with van der Waals surface area (Å²) >= 11 is 1.09. The first-order valence-corrected chi connectivity index (χ1v) is 8.68. The molecule has 0 aromatic heterocycles. The Kier molecular flexibility index (Phi) is 6.61. The Balaban J connectivity index is 2.59. The lowest BCUT2D eigenvalue weighted by molar-refractivity contribution is -0.140. The van der Waals surface area contributed by atoms with Crippen molar-refractivity contribution < 1.29 is 27.7 Å². The fraction of sp³-hybridized carbons (Fsp3) is 0.231. The Labute approximate surface area is 137 Å². The maximum Gasteiger partial charge on any atom is 0.327 e. The highest BCUT2D eigenvalue weighted by Crippen LogP contribution is 2.20. The molecule has 10 heteroatoms. The van der Waals surface area contributed by atoms with Gasteiger partial charge < -0.3 is 15.7 Å². The van der Waals surface area contributed by atoms with Crippen LogP contribution in [0.4, 0.5) is 5.69 Å². The van der Waals surface area contributed by atoms with Crippen LogP contribution in [0.25, 0.3) is 0 Å². The van der Waals surface area contributed by atoms with E-state index in [1.807, 2.05) is 0 Å². The number of hydrogen-bond donors (Lipinski definition) is 4. The molecule has 0 aliphatic rings. The molecule has 1 aromatic carbocycles. The van der Waals surface area contributed by atoms with Crippen molar-refractivity contribution in [2.24, 2.45) is 0 Å². The van der Waals surface area contributed by atoms with Gasteiger partial charge in [-0.2, -0.15) is 8.42 Å². The number of rotatable bonds is 8. The van der Waals surface area contributed by atoms with Gasteiger partial charge in [0.1, 0.15) is 6.04 Å². The van der Waals surface area contributed by atoms with Crippen LogP contribution in [0.5, 0.6) is 0 Å². The van der Waals surface area contributed by atoms with Crippen molar-refractivity contribution in [3.63, 3.8) is 0 Å². The van der Waals surface area contributed by atoms with Crippen LogP contribution < -0.4 is 10.6 Å². The van der Waals surface area contributed by atoms with Crippen LogP contribution in [0.15, 0.2) is 40.8 Å². The SMILES string of the molecule is C=C(Nc1ccc(S(=O)(=O)O)cc1)SCC(NC(C)=O)C(=O)O. The minimum atomic E-state index is -4.25. The van der Waals surface area contributed by atoms with Gasteiger partial charge in [-0.15, -0.1) is 11.8 Å². The Morgan fingerprint density at radius 1 is 1.30 bits per heavy atom. The minimum Gasteiger partial charge on any atom is -0.480 e. The first-order valence-electron chi connectivity index (χ1n) is 6.26. The summed E-state index contributed by atoms with van der Waals surface area (Å²) in [6.45, 7) is 4.94. The number of hydrogen-bond acceptors (Lipinski definition) is 6. The molecule has 0 spiro atoms. The Morgan fingerprint density at radius 3 is 2.30 bits per heavy atom. The quantitative estimate of drug-likeness (QED) is 0.507. The van der Waals surface area contributed by atoms with E-state index >= 15 is 0 Å². The van der Waals surface area contributed by atoms with E-state index < -0.39 is 28.0 Å². The average molecular weight is 360 g/mol. The highest BCUT2D eigenvalue weighted by atomic mass is 32.2. The topological polar surface area (TPSA) is 133 Å². The number of aliphatic carboxylic acids is 1. The van der Waals surface area contributed by atoms with Gasteiger partial charge in [-0.3, -0.25) is 9.35 Å². The van der Waals surface area contributed by atoms with E-state index in [1.165, 1.54) is 31.2 Å². The van der Waals surface area contributed by atoms with Crippen molar-refractivity contribution in [3.05, 3.63) is 35.9 Å². The van der Waals surface area contributed by atoms with E-state index in [9.17, 15) is 18.0 Å². The molecule has 0 aliphatic heterocycles. The van der Waals surface area contributed by atoms with E-state index in [0.29, 0.717) is 10.7 Å². The van der Waals surface area contributed by atoms with Crippen LogP contribution in [-0.4, -0.2) is 41.7 Å². The van der Waals surface area contributed by atoms with Gasteiger partial charge in [0, 0.05) is 18.4 Å². The Morgan fingerprint density at radius 2 is 1.87 bits per heavy atom.